The summed E-state index contributed by atoms with van der Waals surface area (Å²) in [6.45, 7) is 20.0. The third-order valence-electron chi connectivity index (χ3n) is 8.74. The molecule has 0 radical (unpaired) electrons. The largest absolute Gasteiger partial charge is 0.480 e. The van der Waals surface area contributed by atoms with Crippen molar-refractivity contribution in [2.24, 2.45) is 5.73 Å². The Kier molecular flexibility index (Phi) is 8.61. The highest BCUT2D eigenvalue weighted by atomic mass is 32.2. The number of aromatic amines is 1. The number of methoxy groups -OCH3 is 1. The molecule has 0 aliphatic carbocycles. The van der Waals surface area contributed by atoms with Gasteiger partial charge in [-0.15, -0.1) is 0 Å². The first-order chi connectivity index (χ1) is 18.4. The highest BCUT2D eigenvalue weighted by molar-refractivity contribution is 7.90. The van der Waals surface area contributed by atoms with E-state index in [1.807, 2.05) is 47.0 Å². The first-order valence-electron chi connectivity index (χ1n) is 13.3. The van der Waals surface area contributed by atoms with Crippen LogP contribution >= 0.6 is 0 Å². The van der Waals surface area contributed by atoms with Crippen LogP contribution in [0.3, 0.4) is 0 Å². The summed E-state index contributed by atoms with van der Waals surface area (Å²) in [6.07, 6.45) is -3.82. The monoisotopic (exact) mass is 632 g/mol. The average molecular weight is 633 g/mol. The molecule has 1 spiro atoms. The van der Waals surface area contributed by atoms with Crippen molar-refractivity contribution in [3.63, 3.8) is 0 Å². The van der Waals surface area contributed by atoms with Gasteiger partial charge >= 0.3 is 5.69 Å². The lowest BCUT2D eigenvalue weighted by Gasteiger charge is -2.43. The van der Waals surface area contributed by atoms with Gasteiger partial charge in [0.2, 0.25) is 5.90 Å². The lowest BCUT2D eigenvalue weighted by molar-refractivity contribution is -0.0566. The zero-order chi connectivity index (χ0) is 31.6. The number of nitrogens with one attached hydrogen (secondary N) is 2. The van der Waals surface area contributed by atoms with Crippen molar-refractivity contribution in [2.45, 2.75) is 102 Å². The molecule has 2 aliphatic heterocycles. The second-order valence-electron chi connectivity index (χ2n) is 13.6. The van der Waals surface area contributed by atoms with E-state index in [4.69, 9.17) is 33.7 Å². The van der Waals surface area contributed by atoms with Gasteiger partial charge in [-0.2, -0.15) is 8.42 Å². The van der Waals surface area contributed by atoms with Gasteiger partial charge in [-0.05, 0) is 36.3 Å². The highest BCUT2D eigenvalue weighted by Gasteiger charge is 2.67. The fraction of sp³-hybridized carbons (Fsp3) is 0.720. The van der Waals surface area contributed by atoms with Gasteiger partial charge in [0.25, 0.3) is 15.7 Å². The SMILES string of the molecule is COC(=N)c1cc(=O)[nH]c(=O)n1[C@@H]1O[C@H](CO[Si](C)(C)C(C)(C)C)[C@@]2(OS(=O)(=O)C=C2N)[C@H]1O[Si](C)(C)C(C)(C)C. The smallest absolute Gasteiger partial charge is 0.331 e. The number of hydrogen-bond donors (Lipinski definition) is 3. The molecule has 3 heterocycles. The fourth-order valence-electron chi connectivity index (χ4n) is 4.24. The van der Waals surface area contributed by atoms with Crippen LogP contribution in [0.2, 0.25) is 36.3 Å². The summed E-state index contributed by atoms with van der Waals surface area (Å²) in [4.78, 5) is 27.8. The first kappa shape index (κ1) is 33.4. The third-order valence-corrected chi connectivity index (χ3v) is 18.7. The van der Waals surface area contributed by atoms with Crippen LogP contribution in [0, 0.1) is 5.41 Å². The molecule has 0 saturated carbocycles. The van der Waals surface area contributed by atoms with E-state index in [2.05, 4.69) is 25.8 Å². The number of aromatic nitrogens is 2. The van der Waals surface area contributed by atoms with Crippen molar-refractivity contribution in [3.8, 4) is 0 Å². The van der Waals surface area contributed by atoms with E-state index in [1.54, 1.807) is 0 Å². The number of ether oxygens (including phenoxy) is 2. The van der Waals surface area contributed by atoms with Gasteiger partial charge in [0, 0.05) is 6.07 Å². The minimum atomic E-state index is -4.27. The first-order valence-corrected chi connectivity index (χ1v) is 20.6. The van der Waals surface area contributed by atoms with Gasteiger partial charge in [0.1, 0.15) is 17.9 Å². The molecule has 16 heteroatoms. The molecule has 0 bridgehead atoms. The summed E-state index contributed by atoms with van der Waals surface area (Å²) < 4.78 is 57.4. The molecule has 4 atom stereocenters. The third kappa shape index (κ3) is 6.05. The number of nitrogens with zero attached hydrogens (tertiary/aromatic N) is 1. The summed E-state index contributed by atoms with van der Waals surface area (Å²) in [5.74, 6) is -0.485. The van der Waals surface area contributed by atoms with Crippen LogP contribution in [-0.2, 0) is 32.6 Å². The minimum absolute atomic E-state index is 0.121. The van der Waals surface area contributed by atoms with Crippen molar-refractivity contribution < 1.29 is 30.9 Å². The number of hydrogen-bond acceptors (Lipinski definition) is 11. The van der Waals surface area contributed by atoms with Crippen LogP contribution in [0.25, 0.3) is 0 Å². The number of nitrogens with two attached hydrogens (primary N) is 1. The maximum Gasteiger partial charge on any atom is 0.331 e. The lowest BCUT2D eigenvalue weighted by atomic mass is 9.89. The van der Waals surface area contributed by atoms with Gasteiger partial charge in [-0.3, -0.25) is 19.8 Å². The molecule has 13 nitrogen and oxygen atoms in total. The Hall–Kier alpha value is -2.09. The van der Waals surface area contributed by atoms with Crippen LogP contribution in [0.5, 0.6) is 0 Å². The van der Waals surface area contributed by atoms with Crippen LogP contribution in [0.1, 0.15) is 53.5 Å². The Bertz CT molecular complexity index is 1450. The Balaban J connectivity index is 2.33. The molecule has 0 amide bonds. The maximum absolute atomic E-state index is 13.3. The summed E-state index contributed by atoms with van der Waals surface area (Å²) in [6, 6.07) is 1.03. The van der Waals surface area contributed by atoms with Crippen molar-refractivity contribution >= 4 is 32.7 Å². The normalized spacial score (nSPS) is 26.8. The second-order valence-corrected chi connectivity index (χ2v) is 24.5. The topological polar surface area (TPSA) is 185 Å². The van der Waals surface area contributed by atoms with E-state index < -0.39 is 67.9 Å². The lowest BCUT2D eigenvalue weighted by Crippen LogP contribution is -2.59. The molecular formula is C25H44N4O9SSi2. The van der Waals surface area contributed by atoms with Crippen molar-refractivity contribution in [2.75, 3.05) is 13.7 Å². The van der Waals surface area contributed by atoms with Crippen molar-refractivity contribution in [1.82, 2.24) is 9.55 Å². The van der Waals surface area contributed by atoms with Gasteiger partial charge in [0.05, 0.1) is 24.8 Å². The van der Waals surface area contributed by atoms with E-state index in [9.17, 15) is 18.0 Å². The molecular weight excluding hydrogens is 589 g/mol. The molecule has 2 aliphatic rings. The van der Waals surface area contributed by atoms with E-state index >= 15 is 0 Å². The predicted octanol–water partition coefficient (Wildman–Crippen LogP) is 2.72. The quantitative estimate of drug-likeness (QED) is 0.175. The highest BCUT2D eigenvalue weighted by Crippen LogP contribution is 2.52. The summed E-state index contributed by atoms with van der Waals surface area (Å²) in [5, 5.41) is 8.59. The molecule has 1 aromatic heterocycles. The molecule has 232 valence electrons. The van der Waals surface area contributed by atoms with Gasteiger partial charge in [-0.1, -0.05) is 41.5 Å². The molecule has 0 aromatic carbocycles. The van der Waals surface area contributed by atoms with Crippen molar-refractivity contribution in [3.05, 3.63) is 43.7 Å². The Morgan fingerprint density at radius 3 is 2.15 bits per heavy atom. The molecule has 4 N–H and O–H groups in total. The van der Waals surface area contributed by atoms with Gasteiger partial charge < -0.3 is 24.1 Å². The van der Waals surface area contributed by atoms with Crippen LogP contribution in [0.15, 0.2) is 26.8 Å². The van der Waals surface area contributed by atoms with E-state index in [-0.39, 0.29) is 28.1 Å². The van der Waals surface area contributed by atoms with E-state index in [1.165, 1.54) is 7.11 Å². The molecule has 1 fully saturated rings. The maximum atomic E-state index is 13.3. The van der Waals surface area contributed by atoms with Gasteiger partial charge in [0.15, 0.2) is 28.5 Å². The number of rotatable bonds is 7. The average Bonchev–Trinajstić information content (AvgIpc) is 3.21. The Labute approximate surface area is 243 Å². The molecule has 41 heavy (non-hydrogen) atoms. The minimum Gasteiger partial charge on any atom is -0.480 e. The molecule has 1 aromatic rings. The Morgan fingerprint density at radius 2 is 1.68 bits per heavy atom. The van der Waals surface area contributed by atoms with E-state index in [0.717, 1.165) is 16.0 Å². The van der Waals surface area contributed by atoms with Crippen LogP contribution < -0.4 is 17.0 Å². The zero-order valence-corrected chi connectivity index (χ0v) is 28.5. The molecule has 1 saturated heterocycles. The second kappa shape index (κ2) is 10.6. The zero-order valence-electron chi connectivity index (χ0n) is 25.7. The fourth-order valence-corrected chi connectivity index (χ4v) is 7.74. The van der Waals surface area contributed by atoms with Gasteiger partial charge in [-0.25, -0.2) is 8.98 Å². The van der Waals surface area contributed by atoms with Crippen LogP contribution in [0.4, 0.5) is 0 Å². The molecule has 3 rings (SSSR count). The van der Waals surface area contributed by atoms with E-state index in [0.29, 0.717) is 0 Å². The molecule has 0 unspecified atom stereocenters. The predicted molar refractivity (Wildman–Crippen MR) is 159 cm³/mol. The summed E-state index contributed by atoms with van der Waals surface area (Å²) in [5.41, 5.74) is 2.55. The Morgan fingerprint density at radius 1 is 1.12 bits per heavy atom. The summed E-state index contributed by atoms with van der Waals surface area (Å²) in [7, 11) is -8.20. The standard InChI is InChI=1S/C25H44N4O9SSi2/c1-23(2,3)40(8,9)35-13-17-25(16(26)14-39(32,33)38-25)19(37-41(10,11)24(4,5)6)21(36-17)29-15(20(27)34-7)12-18(30)28-22(29)31/h12,14,17,19,21,27H,13,26H2,1-11H3,(H,28,30,31)/t17-,19+,21-,25-/m1/s1. The number of H-pyrrole nitrogens is 1. The summed E-state index contributed by atoms with van der Waals surface area (Å²) >= 11 is 0. The van der Waals surface area contributed by atoms with Crippen LogP contribution in [-0.4, -0.2) is 72.0 Å². The van der Waals surface area contributed by atoms with Crippen molar-refractivity contribution in [1.29, 1.82) is 5.41 Å².